The van der Waals surface area contributed by atoms with Gasteiger partial charge < -0.3 is 19.6 Å². The van der Waals surface area contributed by atoms with Crippen molar-refractivity contribution >= 4 is 26.8 Å². The Bertz CT molecular complexity index is 1830. The smallest absolute Gasteiger partial charge is 0.332 e. The van der Waals surface area contributed by atoms with Crippen LogP contribution >= 0.6 is 15.9 Å². The molecule has 0 saturated carbocycles. The van der Waals surface area contributed by atoms with E-state index in [0.717, 1.165) is 10.0 Å². The number of H-pyrrole nitrogens is 1. The van der Waals surface area contributed by atoms with E-state index in [4.69, 9.17) is 14.6 Å². The number of aromatic nitrogens is 5. The van der Waals surface area contributed by atoms with E-state index in [9.17, 15) is 5.11 Å². The first kappa shape index (κ1) is 30.4. The van der Waals surface area contributed by atoms with Gasteiger partial charge in [0, 0.05) is 39.8 Å². The SMILES string of the molecule is CC#CCOCCCC(C)(c1cccc(Br)c1)n1nc(-c2cc(Oc3c(F)cc4[nH]ccc4c3CO)ccc2F)[n+](C)n1. The van der Waals surface area contributed by atoms with Crippen molar-refractivity contribution in [2.75, 3.05) is 13.2 Å². The molecule has 0 aliphatic heterocycles. The average Bonchev–Trinajstić information content (AvgIpc) is 3.62. The van der Waals surface area contributed by atoms with Crippen LogP contribution in [-0.4, -0.2) is 38.4 Å². The van der Waals surface area contributed by atoms with Gasteiger partial charge in [0.05, 0.1) is 29.5 Å². The molecule has 5 rings (SSSR count). The number of hydrogen-bond donors (Lipinski definition) is 2. The van der Waals surface area contributed by atoms with Crippen LogP contribution in [0.3, 0.4) is 0 Å². The highest BCUT2D eigenvalue weighted by molar-refractivity contribution is 9.10. The summed E-state index contributed by atoms with van der Waals surface area (Å²) in [6, 6.07) is 15.0. The molecule has 0 radical (unpaired) electrons. The summed E-state index contributed by atoms with van der Waals surface area (Å²) in [5.41, 5.74) is 1.20. The number of aromatic amines is 1. The molecule has 3 aromatic carbocycles. The van der Waals surface area contributed by atoms with Crippen molar-refractivity contribution in [2.45, 2.75) is 38.8 Å². The third-order valence-electron chi connectivity index (χ3n) is 7.33. The quantitative estimate of drug-likeness (QED) is 0.102. The highest BCUT2D eigenvalue weighted by Gasteiger charge is 2.39. The van der Waals surface area contributed by atoms with Gasteiger partial charge in [-0.2, -0.15) is 0 Å². The van der Waals surface area contributed by atoms with Gasteiger partial charge in [-0.3, -0.25) is 0 Å². The third kappa shape index (κ3) is 6.32. The van der Waals surface area contributed by atoms with Gasteiger partial charge in [-0.15, -0.1) is 10.6 Å². The van der Waals surface area contributed by atoms with Gasteiger partial charge in [-0.1, -0.05) is 34.0 Å². The van der Waals surface area contributed by atoms with Crippen molar-refractivity contribution in [3.8, 4) is 34.7 Å². The van der Waals surface area contributed by atoms with E-state index in [1.807, 2.05) is 31.2 Å². The minimum Gasteiger partial charge on any atom is -0.454 e. The zero-order chi connectivity index (χ0) is 30.6. The van der Waals surface area contributed by atoms with Gasteiger partial charge in [-0.05, 0) is 73.4 Å². The molecule has 0 spiro atoms. The molecule has 2 N–H and O–H groups in total. The first-order valence-electron chi connectivity index (χ1n) is 13.7. The molecule has 0 fully saturated rings. The van der Waals surface area contributed by atoms with E-state index >= 15 is 8.78 Å². The molecule has 43 heavy (non-hydrogen) atoms. The molecule has 8 nitrogen and oxygen atoms in total. The molecule has 222 valence electrons. The van der Waals surface area contributed by atoms with Gasteiger partial charge >= 0.3 is 5.82 Å². The van der Waals surface area contributed by atoms with Gasteiger partial charge in [0.15, 0.2) is 17.1 Å². The van der Waals surface area contributed by atoms with Gasteiger partial charge in [0.25, 0.3) is 0 Å². The fourth-order valence-electron chi connectivity index (χ4n) is 5.03. The molecule has 0 saturated heterocycles. The number of aryl methyl sites for hydroxylation is 1. The summed E-state index contributed by atoms with van der Waals surface area (Å²) in [6.07, 6.45) is 2.99. The first-order chi connectivity index (χ1) is 20.7. The van der Waals surface area contributed by atoms with E-state index in [-0.39, 0.29) is 28.5 Å². The second kappa shape index (κ2) is 13.0. The summed E-state index contributed by atoms with van der Waals surface area (Å²) in [6.45, 7) is 4.23. The molecular weight excluding hydrogens is 620 g/mol. The Kier molecular flexibility index (Phi) is 9.20. The predicted molar refractivity (Wildman–Crippen MR) is 161 cm³/mol. The van der Waals surface area contributed by atoms with E-state index in [2.05, 4.69) is 38.0 Å². The topological polar surface area (TPSA) is 89.1 Å². The lowest BCUT2D eigenvalue weighted by Crippen LogP contribution is -2.39. The number of halogens is 3. The summed E-state index contributed by atoms with van der Waals surface area (Å²) in [7, 11) is 1.68. The Morgan fingerprint density at radius 2 is 1.98 bits per heavy atom. The molecule has 0 bridgehead atoms. The van der Waals surface area contributed by atoms with Gasteiger partial charge in [0.2, 0.25) is 0 Å². The fourth-order valence-corrected chi connectivity index (χ4v) is 5.43. The van der Waals surface area contributed by atoms with Crippen molar-refractivity contribution in [1.29, 1.82) is 0 Å². The standard InChI is InChI=1S/C32H31BrF2N5O3/c1-4-5-15-42-16-7-13-32(2,21-8-6-9-22(33)17-21)40-37-31(39(3)38-40)25-18-23(10-11-27(25)34)43-30-26(20-41)24-12-14-36-29(24)19-28(30)35/h6,8-12,14,17-19,36,41H,7,13,15-16,20H2,1-3H3/q+1. The lowest BCUT2D eigenvalue weighted by molar-refractivity contribution is -0.723. The number of aliphatic hydroxyl groups excluding tert-OH is 1. The lowest BCUT2D eigenvalue weighted by atomic mass is 9.88. The Morgan fingerprint density at radius 1 is 1.14 bits per heavy atom. The number of tetrazole rings is 1. The predicted octanol–water partition coefficient (Wildman–Crippen LogP) is 6.16. The molecule has 5 aromatic rings. The summed E-state index contributed by atoms with van der Waals surface area (Å²) in [4.78, 5) is 4.52. The maximum Gasteiger partial charge on any atom is 0.332 e. The number of rotatable bonds is 11. The number of hydrogen-bond acceptors (Lipinski definition) is 5. The maximum atomic E-state index is 15.3. The van der Waals surface area contributed by atoms with E-state index in [1.54, 1.807) is 31.0 Å². The molecule has 11 heteroatoms. The van der Waals surface area contributed by atoms with Crippen LogP contribution in [0.5, 0.6) is 11.5 Å². The van der Waals surface area contributed by atoms with Crippen LogP contribution in [0.4, 0.5) is 8.78 Å². The second-order valence-electron chi connectivity index (χ2n) is 10.2. The highest BCUT2D eigenvalue weighted by atomic mass is 79.9. The number of fused-ring (bicyclic) bond motifs is 1. The third-order valence-corrected chi connectivity index (χ3v) is 7.82. The van der Waals surface area contributed by atoms with Crippen LogP contribution < -0.4 is 9.42 Å². The summed E-state index contributed by atoms with van der Waals surface area (Å²) in [5, 5.41) is 20.0. The van der Waals surface area contributed by atoms with Gasteiger partial charge in [-0.25, -0.2) is 8.78 Å². The zero-order valence-electron chi connectivity index (χ0n) is 24.0. The fraction of sp³-hybridized carbons (Fsp3) is 0.281. The maximum absolute atomic E-state index is 15.3. The van der Waals surface area contributed by atoms with Crippen molar-refractivity contribution in [3.63, 3.8) is 0 Å². The Labute approximate surface area is 256 Å². The number of nitrogens with one attached hydrogen (secondary N) is 1. The number of ether oxygens (including phenoxy) is 2. The van der Waals surface area contributed by atoms with Crippen molar-refractivity contribution in [2.24, 2.45) is 7.05 Å². The van der Waals surface area contributed by atoms with E-state index in [1.165, 1.54) is 28.9 Å². The van der Waals surface area contributed by atoms with E-state index in [0.29, 0.717) is 37.0 Å². The molecule has 1 unspecified atom stereocenters. The van der Waals surface area contributed by atoms with Crippen molar-refractivity contribution < 1.29 is 28.0 Å². The monoisotopic (exact) mass is 650 g/mol. The summed E-state index contributed by atoms with van der Waals surface area (Å²) >= 11 is 3.56. The number of aliphatic hydroxyl groups is 1. The van der Waals surface area contributed by atoms with Crippen molar-refractivity contribution in [1.82, 2.24) is 20.1 Å². The zero-order valence-corrected chi connectivity index (χ0v) is 25.6. The average molecular weight is 652 g/mol. The van der Waals surface area contributed by atoms with Crippen LogP contribution in [0.1, 0.15) is 37.8 Å². The molecule has 1 atom stereocenters. The van der Waals surface area contributed by atoms with Crippen LogP contribution in [-0.2, 0) is 23.9 Å². The van der Waals surface area contributed by atoms with Crippen LogP contribution in [0.2, 0.25) is 0 Å². The largest absolute Gasteiger partial charge is 0.454 e. The molecule has 0 amide bonds. The van der Waals surface area contributed by atoms with Crippen molar-refractivity contribution in [3.05, 3.63) is 88.0 Å². The van der Waals surface area contributed by atoms with Gasteiger partial charge in [0.1, 0.15) is 18.2 Å². The Balaban J connectivity index is 1.50. The lowest BCUT2D eigenvalue weighted by Gasteiger charge is -2.23. The molecule has 0 aliphatic carbocycles. The summed E-state index contributed by atoms with van der Waals surface area (Å²) < 4.78 is 44.3. The molecule has 0 aliphatic rings. The molecule has 2 heterocycles. The summed E-state index contributed by atoms with van der Waals surface area (Å²) in [5.74, 6) is 4.81. The highest BCUT2D eigenvalue weighted by Crippen LogP contribution is 2.36. The normalized spacial score (nSPS) is 12.6. The number of benzene rings is 3. The Morgan fingerprint density at radius 3 is 2.74 bits per heavy atom. The second-order valence-corrected chi connectivity index (χ2v) is 11.1. The molecule has 2 aromatic heterocycles. The van der Waals surface area contributed by atoms with Crippen LogP contribution in [0.25, 0.3) is 22.3 Å². The van der Waals surface area contributed by atoms with E-state index < -0.39 is 23.8 Å². The van der Waals surface area contributed by atoms with Crippen LogP contribution in [0, 0.1) is 23.5 Å². The Hall–Kier alpha value is -4.11. The van der Waals surface area contributed by atoms with Crippen LogP contribution in [0.15, 0.2) is 65.3 Å². The minimum absolute atomic E-state index is 0.123. The molecular formula is C32H31BrF2N5O3+. The minimum atomic E-state index is -0.699. The number of nitrogens with zero attached hydrogens (tertiary/aromatic N) is 4. The first-order valence-corrected chi connectivity index (χ1v) is 14.5.